The van der Waals surface area contributed by atoms with Crippen LogP contribution in [0.2, 0.25) is 0 Å². The highest BCUT2D eigenvalue weighted by atomic mass is 16.2. The van der Waals surface area contributed by atoms with Crippen molar-refractivity contribution in [2.75, 3.05) is 18.4 Å². The van der Waals surface area contributed by atoms with Gasteiger partial charge in [0.25, 0.3) is 0 Å². The van der Waals surface area contributed by atoms with Crippen molar-refractivity contribution >= 4 is 17.5 Å². The number of hydrogen-bond acceptors (Lipinski definition) is 3. The third kappa shape index (κ3) is 5.81. The van der Waals surface area contributed by atoms with Gasteiger partial charge in [-0.15, -0.1) is 0 Å². The molecule has 3 aliphatic rings. The van der Waals surface area contributed by atoms with Gasteiger partial charge in [0.05, 0.1) is 6.54 Å². The van der Waals surface area contributed by atoms with E-state index in [1.165, 1.54) is 44.9 Å². The first-order chi connectivity index (χ1) is 13.7. The third-order valence-corrected chi connectivity index (χ3v) is 6.26. The molecule has 4 rings (SSSR count). The minimum Gasteiger partial charge on any atom is -0.351 e. The van der Waals surface area contributed by atoms with Gasteiger partial charge in [-0.3, -0.25) is 14.5 Å². The number of rotatable bonds is 9. The predicted octanol–water partition coefficient (Wildman–Crippen LogP) is 3.70. The van der Waals surface area contributed by atoms with Crippen molar-refractivity contribution in [2.24, 2.45) is 11.8 Å². The highest BCUT2D eigenvalue weighted by Crippen LogP contribution is 2.31. The molecule has 3 fully saturated rings. The van der Waals surface area contributed by atoms with Gasteiger partial charge in [-0.25, -0.2) is 0 Å². The molecular weight excluding hydrogens is 350 g/mol. The fraction of sp³-hybridized carbons (Fsp3) is 0.652. The summed E-state index contributed by atoms with van der Waals surface area (Å²) >= 11 is 0. The van der Waals surface area contributed by atoms with E-state index in [9.17, 15) is 9.59 Å². The van der Waals surface area contributed by atoms with Crippen molar-refractivity contribution in [1.29, 1.82) is 0 Å². The molecule has 5 heteroatoms. The van der Waals surface area contributed by atoms with Crippen molar-refractivity contribution in [3.63, 3.8) is 0 Å². The Morgan fingerprint density at radius 2 is 1.79 bits per heavy atom. The summed E-state index contributed by atoms with van der Waals surface area (Å²) in [5.41, 5.74) is 1.84. The molecule has 0 bridgehead atoms. The molecule has 0 heterocycles. The standard InChI is InChI=1S/C23H33N3O2/c27-22(16-26(21-11-12-21)15-17-5-2-1-3-6-17)24-14-18-7-4-8-20(13-18)25-23(28)19-9-10-19/h4,7-8,13,17,19,21H,1-3,5-6,9-12,14-16H2,(H,24,27)(H,25,28). The zero-order chi connectivity index (χ0) is 19.3. The molecule has 0 atom stereocenters. The molecule has 2 N–H and O–H groups in total. The van der Waals surface area contributed by atoms with Crippen molar-refractivity contribution in [3.8, 4) is 0 Å². The molecule has 0 unspecified atom stereocenters. The van der Waals surface area contributed by atoms with E-state index < -0.39 is 0 Å². The van der Waals surface area contributed by atoms with Crippen LogP contribution in [0, 0.1) is 11.8 Å². The maximum atomic E-state index is 12.5. The van der Waals surface area contributed by atoms with Gasteiger partial charge >= 0.3 is 0 Å². The topological polar surface area (TPSA) is 61.4 Å². The summed E-state index contributed by atoms with van der Waals surface area (Å²) in [7, 11) is 0. The van der Waals surface area contributed by atoms with Gasteiger partial charge in [-0.05, 0) is 62.1 Å². The van der Waals surface area contributed by atoms with Gasteiger partial charge in [0.15, 0.2) is 0 Å². The second kappa shape index (κ2) is 9.08. The van der Waals surface area contributed by atoms with E-state index >= 15 is 0 Å². The summed E-state index contributed by atoms with van der Waals surface area (Å²) in [5.74, 6) is 1.19. The molecule has 0 aromatic heterocycles. The molecule has 0 spiro atoms. The minimum absolute atomic E-state index is 0.107. The highest BCUT2D eigenvalue weighted by molar-refractivity contribution is 5.94. The van der Waals surface area contributed by atoms with Crippen LogP contribution in [0.5, 0.6) is 0 Å². The Bertz CT molecular complexity index is 691. The Kier molecular flexibility index (Phi) is 6.30. The second-order valence-corrected chi connectivity index (χ2v) is 8.91. The van der Waals surface area contributed by atoms with Gasteiger partial charge in [0.1, 0.15) is 0 Å². The van der Waals surface area contributed by atoms with E-state index in [0.29, 0.717) is 19.1 Å². The molecule has 3 saturated carbocycles. The lowest BCUT2D eigenvalue weighted by atomic mass is 9.89. The van der Waals surface area contributed by atoms with E-state index in [2.05, 4.69) is 15.5 Å². The largest absolute Gasteiger partial charge is 0.351 e. The van der Waals surface area contributed by atoms with Crippen LogP contribution in [0.15, 0.2) is 24.3 Å². The molecular formula is C23H33N3O2. The fourth-order valence-corrected chi connectivity index (χ4v) is 4.27. The number of nitrogens with zero attached hydrogens (tertiary/aromatic N) is 1. The van der Waals surface area contributed by atoms with Crippen molar-refractivity contribution in [3.05, 3.63) is 29.8 Å². The first-order valence-electron chi connectivity index (χ1n) is 11.1. The van der Waals surface area contributed by atoms with Crippen LogP contribution < -0.4 is 10.6 Å². The Morgan fingerprint density at radius 3 is 2.50 bits per heavy atom. The van der Waals surface area contributed by atoms with E-state index in [0.717, 1.165) is 36.6 Å². The molecule has 3 aliphatic carbocycles. The normalized spacial score (nSPS) is 20.2. The predicted molar refractivity (Wildman–Crippen MR) is 111 cm³/mol. The Hall–Kier alpha value is -1.88. The fourth-order valence-electron chi connectivity index (χ4n) is 4.27. The van der Waals surface area contributed by atoms with E-state index in [1.807, 2.05) is 24.3 Å². The number of nitrogens with one attached hydrogen (secondary N) is 2. The molecule has 2 amide bonds. The maximum absolute atomic E-state index is 12.5. The molecule has 1 aromatic carbocycles. The summed E-state index contributed by atoms with van der Waals surface area (Å²) in [6.45, 7) is 2.11. The van der Waals surface area contributed by atoms with Crippen molar-refractivity contribution < 1.29 is 9.59 Å². The molecule has 0 radical (unpaired) electrons. The number of anilines is 1. The van der Waals surface area contributed by atoms with Crippen LogP contribution in [-0.4, -0.2) is 35.8 Å². The Labute approximate surface area is 168 Å². The van der Waals surface area contributed by atoms with Gasteiger partial charge in [0.2, 0.25) is 11.8 Å². The Morgan fingerprint density at radius 1 is 1.00 bits per heavy atom. The number of benzene rings is 1. The average molecular weight is 384 g/mol. The average Bonchev–Trinajstić information content (AvgIpc) is 3.59. The van der Waals surface area contributed by atoms with Crippen LogP contribution in [0.3, 0.4) is 0 Å². The minimum atomic E-state index is 0.107. The summed E-state index contributed by atoms with van der Waals surface area (Å²) in [6, 6.07) is 8.41. The lowest BCUT2D eigenvalue weighted by Gasteiger charge is -2.29. The summed E-state index contributed by atoms with van der Waals surface area (Å²) in [5, 5.41) is 6.04. The molecule has 0 saturated heterocycles. The van der Waals surface area contributed by atoms with Crippen molar-refractivity contribution in [1.82, 2.24) is 10.2 Å². The summed E-state index contributed by atoms with van der Waals surface area (Å²) in [6.07, 6.45) is 11.2. The van der Waals surface area contributed by atoms with Crippen LogP contribution in [0.1, 0.15) is 63.4 Å². The number of carbonyl (C=O) groups is 2. The first-order valence-corrected chi connectivity index (χ1v) is 11.1. The summed E-state index contributed by atoms with van der Waals surface area (Å²) < 4.78 is 0. The number of hydrogen-bond donors (Lipinski definition) is 2. The monoisotopic (exact) mass is 383 g/mol. The van der Waals surface area contributed by atoms with E-state index in [4.69, 9.17) is 0 Å². The van der Waals surface area contributed by atoms with Crippen LogP contribution in [0.4, 0.5) is 5.69 Å². The third-order valence-electron chi connectivity index (χ3n) is 6.26. The van der Waals surface area contributed by atoms with Gasteiger partial charge in [0, 0.05) is 30.7 Å². The highest BCUT2D eigenvalue weighted by Gasteiger charge is 2.32. The molecule has 5 nitrogen and oxygen atoms in total. The van der Waals surface area contributed by atoms with Crippen LogP contribution in [-0.2, 0) is 16.1 Å². The van der Waals surface area contributed by atoms with E-state index in [-0.39, 0.29) is 17.7 Å². The molecule has 28 heavy (non-hydrogen) atoms. The van der Waals surface area contributed by atoms with Crippen molar-refractivity contribution in [2.45, 2.75) is 70.4 Å². The number of amides is 2. The van der Waals surface area contributed by atoms with Gasteiger partial charge < -0.3 is 10.6 Å². The quantitative estimate of drug-likeness (QED) is 0.684. The maximum Gasteiger partial charge on any atom is 0.234 e. The number of carbonyl (C=O) groups excluding carboxylic acids is 2. The van der Waals surface area contributed by atoms with E-state index in [1.54, 1.807) is 0 Å². The smallest absolute Gasteiger partial charge is 0.234 e. The zero-order valence-corrected chi connectivity index (χ0v) is 16.8. The van der Waals surface area contributed by atoms with Crippen LogP contribution >= 0.6 is 0 Å². The SMILES string of the molecule is O=C(CN(CC1CCCCC1)C1CC1)NCc1cccc(NC(=O)C2CC2)c1. The lowest BCUT2D eigenvalue weighted by molar-refractivity contribution is -0.122. The second-order valence-electron chi connectivity index (χ2n) is 8.91. The molecule has 152 valence electrons. The van der Waals surface area contributed by atoms with Gasteiger partial charge in [-0.2, -0.15) is 0 Å². The molecule has 1 aromatic rings. The zero-order valence-electron chi connectivity index (χ0n) is 16.8. The lowest BCUT2D eigenvalue weighted by Crippen LogP contribution is -2.41. The van der Waals surface area contributed by atoms with Crippen LogP contribution in [0.25, 0.3) is 0 Å². The summed E-state index contributed by atoms with van der Waals surface area (Å²) in [4.78, 5) is 26.9. The Balaban J connectivity index is 1.24. The first kappa shape index (κ1) is 19.4. The van der Waals surface area contributed by atoms with Gasteiger partial charge in [-0.1, -0.05) is 31.4 Å². The molecule has 0 aliphatic heterocycles.